The maximum atomic E-state index is 5.68. The van der Waals surface area contributed by atoms with E-state index in [-0.39, 0.29) is 0 Å². The van der Waals surface area contributed by atoms with E-state index in [4.69, 9.17) is 9.47 Å². The first-order valence-electron chi connectivity index (χ1n) is 11.5. The monoisotopic (exact) mass is 537 g/mol. The normalized spacial score (nSPS) is 14.9. The molecule has 8 heteroatoms. The van der Waals surface area contributed by atoms with Crippen LogP contribution in [0.15, 0.2) is 57.1 Å². The molecule has 0 radical (unpaired) electrons. The molecule has 4 nitrogen and oxygen atoms in total. The van der Waals surface area contributed by atoms with E-state index in [1.165, 1.54) is 51.0 Å². The van der Waals surface area contributed by atoms with Crippen LogP contribution in [0.1, 0.15) is 18.9 Å². The van der Waals surface area contributed by atoms with Crippen LogP contribution in [0.2, 0.25) is 0 Å². The van der Waals surface area contributed by atoms with Crippen LogP contribution in [0, 0.1) is 0 Å². The van der Waals surface area contributed by atoms with E-state index in [9.17, 15) is 0 Å². The first-order chi connectivity index (χ1) is 17.2. The molecule has 0 bridgehead atoms. The summed E-state index contributed by atoms with van der Waals surface area (Å²) < 4.78 is 17.6. The van der Waals surface area contributed by atoms with Crippen molar-refractivity contribution in [3.05, 3.63) is 57.2 Å². The number of hydrogen-bond acceptors (Lipinski definition) is 7. The lowest BCUT2D eigenvalue weighted by Crippen LogP contribution is -2.33. The third-order valence-corrected chi connectivity index (χ3v) is 10.4. The zero-order valence-corrected chi connectivity index (χ0v) is 23.2. The lowest BCUT2D eigenvalue weighted by Gasteiger charge is -2.18. The van der Waals surface area contributed by atoms with E-state index >= 15 is 0 Å². The summed E-state index contributed by atoms with van der Waals surface area (Å²) in [5, 5.41) is 9.17. The van der Waals surface area contributed by atoms with Crippen LogP contribution in [0.25, 0.3) is 36.5 Å². The van der Waals surface area contributed by atoms with Gasteiger partial charge in [0.1, 0.15) is 27.4 Å². The topological polar surface area (TPSA) is 25.6 Å². The van der Waals surface area contributed by atoms with Crippen molar-refractivity contribution in [1.29, 1.82) is 0 Å². The number of nitrogens with zero attached hydrogens (tertiary/aromatic N) is 2. The molecule has 35 heavy (non-hydrogen) atoms. The summed E-state index contributed by atoms with van der Waals surface area (Å²) in [7, 11) is 3.51. The van der Waals surface area contributed by atoms with Gasteiger partial charge in [0.2, 0.25) is 5.52 Å². The summed E-state index contributed by atoms with van der Waals surface area (Å²) in [6.07, 6.45) is 6.68. The average molecular weight is 538 g/mol. The molecule has 0 saturated carbocycles. The quantitative estimate of drug-likeness (QED) is 0.204. The zero-order chi connectivity index (χ0) is 24.1. The molecule has 0 spiro atoms. The lowest BCUT2D eigenvalue weighted by atomic mass is 10.2. The molecule has 4 heterocycles. The number of thiophene rings is 2. The van der Waals surface area contributed by atoms with E-state index in [0.717, 1.165) is 24.6 Å². The minimum atomic E-state index is 0.924. The molecular formula is C27H25N2O2S4+. The molecule has 0 atom stereocenters. The Labute approximate surface area is 220 Å². The Bertz CT molecular complexity index is 1640. The molecule has 5 aromatic rings. The number of fused-ring (bicyclic) bond motifs is 6. The van der Waals surface area contributed by atoms with Crippen molar-refractivity contribution in [2.75, 3.05) is 25.7 Å². The molecule has 1 aliphatic heterocycles. The summed E-state index contributed by atoms with van der Waals surface area (Å²) in [6.45, 7) is 6.28. The van der Waals surface area contributed by atoms with Crippen molar-refractivity contribution in [3.8, 4) is 11.5 Å². The van der Waals surface area contributed by atoms with E-state index in [1.54, 1.807) is 36.9 Å². The fraction of sp³-hybridized carbons (Fsp3) is 0.222. The number of anilines is 1. The number of benzene rings is 2. The van der Waals surface area contributed by atoms with Gasteiger partial charge in [-0.05, 0) is 48.9 Å². The number of rotatable bonds is 6. The van der Waals surface area contributed by atoms with E-state index in [0.29, 0.717) is 0 Å². The molecule has 178 valence electrons. The van der Waals surface area contributed by atoms with Crippen LogP contribution in [0.5, 0.6) is 11.5 Å². The van der Waals surface area contributed by atoms with Gasteiger partial charge in [0.25, 0.3) is 5.01 Å². The molecule has 0 unspecified atom stereocenters. The molecule has 0 saturated heterocycles. The Morgan fingerprint density at radius 2 is 1.69 bits per heavy atom. The predicted octanol–water partition coefficient (Wildman–Crippen LogP) is 8.14. The summed E-state index contributed by atoms with van der Waals surface area (Å²) in [5.74, 6) is 1.90. The van der Waals surface area contributed by atoms with Crippen molar-refractivity contribution in [3.63, 3.8) is 0 Å². The number of allylic oxidation sites excluding steroid dienone is 2. The molecule has 2 aromatic carbocycles. The Morgan fingerprint density at radius 3 is 2.40 bits per heavy atom. The highest BCUT2D eigenvalue weighted by atomic mass is 32.2. The number of aryl methyl sites for hydroxylation is 1. The number of methoxy groups -OCH3 is 2. The van der Waals surface area contributed by atoms with Gasteiger partial charge in [0, 0.05) is 34.4 Å². The minimum Gasteiger partial charge on any atom is -0.496 e. The van der Waals surface area contributed by atoms with Crippen LogP contribution in [-0.2, 0) is 6.54 Å². The molecule has 6 rings (SSSR count). The average Bonchev–Trinajstić information content (AvgIpc) is 3.65. The summed E-state index contributed by atoms with van der Waals surface area (Å²) in [5.41, 5.74) is 2.61. The van der Waals surface area contributed by atoms with E-state index < -0.39 is 0 Å². The first-order valence-corrected chi connectivity index (χ1v) is 14.9. The van der Waals surface area contributed by atoms with Crippen molar-refractivity contribution in [1.82, 2.24) is 0 Å². The van der Waals surface area contributed by atoms with Crippen molar-refractivity contribution >= 4 is 87.9 Å². The van der Waals surface area contributed by atoms with Gasteiger partial charge in [-0.2, -0.15) is 4.57 Å². The molecule has 0 fully saturated rings. The first kappa shape index (κ1) is 22.9. The Hall–Kier alpha value is -2.52. The van der Waals surface area contributed by atoms with Gasteiger partial charge in [-0.1, -0.05) is 29.2 Å². The van der Waals surface area contributed by atoms with Crippen LogP contribution in [0.4, 0.5) is 5.69 Å². The second kappa shape index (κ2) is 9.17. The molecule has 3 aromatic heterocycles. The number of thiazole rings is 1. The fourth-order valence-corrected chi connectivity index (χ4v) is 9.20. The van der Waals surface area contributed by atoms with Crippen LogP contribution in [0.3, 0.4) is 0 Å². The molecule has 1 aliphatic rings. The van der Waals surface area contributed by atoms with E-state index in [1.807, 2.05) is 23.1 Å². The van der Waals surface area contributed by atoms with Crippen LogP contribution >= 0.6 is 45.8 Å². The predicted molar refractivity (Wildman–Crippen MR) is 154 cm³/mol. The standard InChI is InChI=1S/C27H25N2O2S4/c1-5-28-22(34-20-14-18(30-3)16-10-12-32-26(16)24(20)28)8-7-9-23-29(6-2)25-21(35-23)15-19(31-4)17-11-13-33-27(17)25/h7-15H,5-6H2,1-4H3/q+1. The van der Waals surface area contributed by atoms with Gasteiger partial charge >= 0.3 is 0 Å². The Kier molecular flexibility index (Phi) is 6.00. The number of ether oxygens (including phenoxy) is 2. The van der Waals surface area contributed by atoms with Crippen molar-refractivity contribution < 1.29 is 14.0 Å². The second-order valence-corrected chi connectivity index (χ2v) is 12.0. The van der Waals surface area contributed by atoms with Crippen LogP contribution < -0.4 is 18.9 Å². The summed E-state index contributed by atoms with van der Waals surface area (Å²) in [4.78, 5) is 3.68. The maximum Gasteiger partial charge on any atom is 0.262 e. The number of hydrogen-bond donors (Lipinski definition) is 0. The van der Waals surface area contributed by atoms with Gasteiger partial charge in [-0.3, -0.25) is 0 Å². The van der Waals surface area contributed by atoms with Gasteiger partial charge in [-0.25, -0.2) is 0 Å². The number of thioether (sulfide) groups is 1. The van der Waals surface area contributed by atoms with Gasteiger partial charge < -0.3 is 14.4 Å². The highest BCUT2D eigenvalue weighted by molar-refractivity contribution is 8.03. The minimum absolute atomic E-state index is 0.924. The van der Waals surface area contributed by atoms with Gasteiger partial charge in [-0.15, -0.1) is 22.7 Å². The van der Waals surface area contributed by atoms with Crippen molar-refractivity contribution in [2.45, 2.75) is 25.3 Å². The molecular weight excluding hydrogens is 513 g/mol. The van der Waals surface area contributed by atoms with E-state index in [2.05, 4.69) is 76.6 Å². The number of aromatic nitrogens is 1. The smallest absolute Gasteiger partial charge is 0.262 e. The lowest BCUT2D eigenvalue weighted by molar-refractivity contribution is -0.664. The van der Waals surface area contributed by atoms with Crippen LogP contribution in [-0.4, -0.2) is 20.8 Å². The van der Waals surface area contributed by atoms with Crippen molar-refractivity contribution in [2.24, 2.45) is 0 Å². The summed E-state index contributed by atoms with van der Waals surface area (Å²) in [6, 6.07) is 8.67. The second-order valence-electron chi connectivity index (χ2n) is 8.07. The van der Waals surface area contributed by atoms with Gasteiger partial charge in [0.15, 0.2) is 0 Å². The SMILES string of the molecule is CCN1C(=CC=Cc2sc3cc(OC)c4ccsc4c3[n+]2CC)Sc2cc(OC)c3ccsc3c21. The molecule has 0 N–H and O–H groups in total. The zero-order valence-electron chi connectivity index (χ0n) is 20.0. The fourth-order valence-electron chi connectivity index (χ4n) is 4.78. The maximum absolute atomic E-state index is 5.68. The third-order valence-electron chi connectivity index (χ3n) is 6.33. The highest BCUT2D eigenvalue weighted by Gasteiger charge is 2.28. The largest absolute Gasteiger partial charge is 0.496 e. The highest BCUT2D eigenvalue weighted by Crippen LogP contribution is 2.53. The Morgan fingerprint density at radius 1 is 0.971 bits per heavy atom. The molecule has 0 amide bonds. The Balaban J connectivity index is 1.40. The summed E-state index contributed by atoms with van der Waals surface area (Å²) >= 11 is 7.21. The molecule has 0 aliphatic carbocycles. The third kappa shape index (κ3) is 3.57. The van der Waals surface area contributed by atoms with Gasteiger partial charge in [0.05, 0.1) is 29.6 Å².